The van der Waals surface area contributed by atoms with Gasteiger partial charge < -0.3 is 5.32 Å². The van der Waals surface area contributed by atoms with Gasteiger partial charge in [-0.3, -0.25) is 9.88 Å². The second kappa shape index (κ2) is 10.6. The molecule has 1 fully saturated rings. The summed E-state index contributed by atoms with van der Waals surface area (Å²) < 4.78 is 80.1. The highest BCUT2D eigenvalue weighted by molar-refractivity contribution is 5.89. The van der Waals surface area contributed by atoms with E-state index in [0.717, 1.165) is 37.7 Å². The summed E-state index contributed by atoms with van der Waals surface area (Å²) in [5.74, 6) is 1.61. The van der Waals surface area contributed by atoms with Crippen molar-refractivity contribution in [3.8, 4) is 11.3 Å². The van der Waals surface area contributed by atoms with Gasteiger partial charge in [-0.1, -0.05) is 13.8 Å². The molecule has 0 saturated carbocycles. The zero-order valence-electron chi connectivity index (χ0n) is 21.7. The molecular weight excluding hydrogens is 534 g/mol. The highest BCUT2D eigenvalue weighted by Gasteiger charge is 2.34. The number of rotatable bonds is 5. The van der Waals surface area contributed by atoms with Crippen LogP contribution in [0.5, 0.6) is 0 Å². The first kappa shape index (κ1) is 27.8. The van der Waals surface area contributed by atoms with Crippen LogP contribution in [0.2, 0.25) is 0 Å². The second-order valence-corrected chi connectivity index (χ2v) is 10.3. The Morgan fingerprint density at radius 2 is 1.60 bits per heavy atom. The van der Waals surface area contributed by atoms with E-state index in [1.54, 1.807) is 0 Å². The zero-order chi connectivity index (χ0) is 28.7. The first-order chi connectivity index (χ1) is 18.9. The van der Waals surface area contributed by atoms with E-state index in [0.29, 0.717) is 29.9 Å². The Kier molecular flexibility index (Phi) is 7.38. The van der Waals surface area contributed by atoms with Gasteiger partial charge in [0.25, 0.3) is 0 Å². The van der Waals surface area contributed by atoms with Gasteiger partial charge in [0.1, 0.15) is 11.3 Å². The summed E-state index contributed by atoms with van der Waals surface area (Å²) in [4.78, 5) is 19.8. The van der Waals surface area contributed by atoms with Gasteiger partial charge in [-0.05, 0) is 60.7 Å². The SMILES string of the molecule is C[C@@H]1C[C@H](C)CN(Cc2nc(Nc3ccc(C(F)(F)F)cc3)c3ncc(-c4ncccc4C(F)(F)F)cc3n2)C1. The third kappa shape index (κ3) is 6.16. The average Bonchev–Trinajstić information content (AvgIpc) is 2.87. The van der Waals surface area contributed by atoms with Gasteiger partial charge in [-0.2, -0.15) is 26.3 Å². The maximum Gasteiger partial charge on any atom is 0.418 e. The molecule has 1 aromatic carbocycles. The molecule has 2 atom stereocenters. The van der Waals surface area contributed by atoms with Crippen molar-refractivity contribution in [2.24, 2.45) is 11.8 Å². The van der Waals surface area contributed by atoms with E-state index in [4.69, 9.17) is 0 Å². The Bertz CT molecular complexity index is 1490. The number of benzene rings is 1. The number of nitrogens with zero attached hydrogens (tertiary/aromatic N) is 5. The molecule has 1 saturated heterocycles. The third-order valence-electron chi connectivity index (χ3n) is 6.75. The van der Waals surface area contributed by atoms with Crippen molar-refractivity contribution in [3.05, 3.63) is 71.8 Å². The summed E-state index contributed by atoms with van der Waals surface area (Å²) >= 11 is 0. The van der Waals surface area contributed by atoms with Crippen molar-refractivity contribution in [1.29, 1.82) is 0 Å². The smallest absolute Gasteiger partial charge is 0.338 e. The van der Waals surface area contributed by atoms with E-state index in [2.05, 4.69) is 44.0 Å². The van der Waals surface area contributed by atoms with Gasteiger partial charge >= 0.3 is 12.4 Å². The fraction of sp³-hybridized carbons (Fsp3) is 0.357. The van der Waals surface area contributed by atoms with Crippen LogP contribution in [0.25, 0.3) is 22.3 Å². The predicted molar refractivity (Wildman–Crippen MR) is 139 cm³/mol. The van der Waals surface area contributed by atoms with Crippen molar-refractivity contribution in [1.82, 2.24) is 24.8 Å². The van der Waals surface area contributed by atoms with Crippen molar-refractivity contribution in [2.75, 3.05) is 18.4 Å². The fourth-order valence-electron chi connectivity index (χ4n) is 5.22. The van der Waals surface area contributed by atoms with Crippen LogP contribution in [0.15, 0.2) is 54.9 Å². The van der Waals surface area contributed by atoms with E-state index in [9.17, 15) is 26.3 Å². The normalized spacial score (nSPS) is 18.7. The lowest BCUT2D eigenvalue weighted by molar-refractivity contribution is -0.138. The molecule has 0 bridgehead atoms. The number of nitrogens with one attached hydrogen (secondary N) is 1. The molecule has 0 unspecified atom stereocenters. The summed E-state index contributed by atoms with van der Waals surface area (Å²) in [5.41, 5.74) is -0.950. The van der Waals surface area contributed by atoms with Crippen molar-refractivity contribution >= 4 is 22.5 Å². The number of hydrogen-bond acceptors (Lipinski definition) is 6. The molecule has 12 heteroatoms. The van der Waals surface area contributed by atoms with Crippen LogP contribution < -0.4 is 5.32 Å². The summed E-state index contributed by atoms with van der Waals surface area (Å²) in [6.07, 6.45) is -5.46. The molecule has 0 spiro atoms. The molecule has 5 rings (SSSR count). The molecule has 1 aliphatic heterocycles. The van der Waals surface area contributed by atoms with Crippen molar-refractivity contribution in [3.63, 3.8) is 0 Å². The Morgan fingerprint density at radius 1 is 0.900 bits per heavy atom. The largest absolute Gasteiger partial charge is 0.418 e. The molecule has 0 aliphatic carbocycles. The van der Waals surface area contributed by atoms with Gasteiger partial charge in [0, 0.05) is 36.7 Å². The standard InChI is InChI=1S/C28H26F6N6/c1-16-10-17(2)14-40(13-16)15-23-38-22-11-18(24-21(28(32,33)34)4-3-9-35-24)12-36-25(22)26(39-23)37-20-7-5-19(6-8-20)27(29,30)31/h3-9,11-12,16-17H,10,13-15H2,1-2H3,(H,37,38,39)/t16-,17+. The van der Waals surface area contributed by atoms with Crippen molar-refractivity contribution in [2.45, 2.75) is 39.2 Å². The minimum absolute atomic E-state index is 0.130. The second-order valence-electron chi connectivity index (χ2n) is 10.3. The number of piperidine rings is 1. The first-order valence-corrected chi connectivity index (χ1v) is 12.7. The van der Waals surface area contributed by atoms with E-state index in [-0.39, 0.29) is 28.1 Å². The summed E-state index contributed by atoms with van der Waals surface area (Å²) in [6, 6.07) is 8.11. The molecule has 4 aromatic rings. The van der Waals surface area contributed by atoms with Gasteiger partial charge in [0.15, 0.2) is 5.82 Å². The Morgan fingerprint density at radius 3 is 2.25 bits per heavy atom. The maximum atomic E-state index is 13.7. The van der Waals surface area contributed by atoms with Crippen LogP contribution in [0, 0.1) is 11.8 Å². The van der Waals surface area contributed by atoms with Gasteiger partial charge in [0.05, 0.1) is 28.9 Å². The highest BCUT2D eigenvalue weighted by Crippen LogP contribution is 2.37. The van der Waals surface area contributed by atoms with Crippen LogP contribution in [0.3, 0.4) is 0 Å². The average molecular weight is 561 g/mol. The lowest BCUT2D eigenvalue weighted by atomic mass is 9.92. The number of alkyl halides is 6. The molecule has 0 radical (unpaired) electrons. The Hall–Kier alpha value is -3.80. The van der Waals surface area contributed by atoms with Crippen LogP contribution in [0.4, 0.5) is 37.8 Å². The van der Waals surface area contributed by atoms with E-state index in [1.165, 1.54) is 36.7 Å². The fourth-order valence-corrected chi connectivity index (χ4v) is 5.22. The summed E-state index contributed by atoms with van der Waals surface area (Å²) in [7, 11) is 0. The number of aromatic nitrogens is 4. The van der Waals surface area contributed by atoms with E-state index >= 15 is 0 Å². The quantitative estimate of drug-likeness (QED) is 0.258. The summed E-state index contributed by atoms with van der Waals surface area (Å²) in [5, 5.41) is 3.02. The number of hydrogen-bond donors (Lipinski definition) is 1. The van der Waals surface area contributed by atoms with Gasteiger partial charge in [-0.15, -0.1) is 0 Å². The predicted octanol–water partition coefficient (Wildman–Crippen LogP) is 7.35. The molecule has 40 heavy (non-hydrogen) atoms. The first-order valence-electron chi connectivity index (χ1n) is 12.7. The monoisotopic (exact) mass is 560 g/mol. The van der Waals surface area contributed by atoms with Gasteiger partial charge in [0.2, 0.25) is 0 Å². The van der Waals surface area contributed by atoms with Crippen LogP contribution in [0.1, 0.15) is 37.2 Å². The summed E-state index contributed by atoms with van der Waals surface area (Å²) in [6.45, 7) is 6.42. The Balaban J connectivity index is 1.57. The topological polar surface area (TPSA) is 66.8 Å². The lowest BCUT2D eigenvalue weighted by Gasteiger charge is -2.34. The van der Waals surface area contributed by atoms with E-state index in [1.807, 2.05) is 0 Å². The molecule has 3 aromatic heterocycles. The number of fused-ring (bicyclic) bond motifs is 1. The molecule has 1 aliphatic rings. The van der Waals surface area contributed by atoms with Crippen LogP contribution >= 0.6 is 0 Å². The molecule has 0 amide bonds. The molecule has 6 nitrogen and oxygen atoms in total. The highest BCUT2D eigenvalue weighted by atomic mass is 19.4. The van der Waals surface area contributed by atoms with Gasteiger partial charge in [-0.25, -0.2) is 15.0 Å². The molecule has 4 heterocycles. The number of likely N-dealkylation sites (tertiary alicyclic amines) is 1. The molecule has 210 valence electrons. The minimum atomic E-state index is -4.62. The van der Waals surface area contributed by atoms with Crippen LogP contribution in [-0.2, 0) is 18.9 Å². The minimum Gasteiger partial charge on any atom is -0.338 e. The molecule has 1 N–H and O–H groups in total. The third-order valence-corrected chi connectivity index (χ3v) is 6.75. The lowest BCUT2D eigenvalue weighted by Crippen LogP contribution is -2.38. The zero-order valence-corrected chi connectivity index (χ0v) is 21.7. The van der Waals surface area contributed by atoms with Crippen LogP contribution in [-0.4, -0.2) is 37.9 Å². The van der Waals surface area contributed by atoms with E-state index < -0.39 is 23.5 Å². The Labute approximate surface area is 226 Å². The van der Waals surface area contributed by atoms with Crippen molar-refractivity contribution < 1.29 is 26.3 Å². The number of anilines is 2. The maximum absolute atomic E-state index is 13.7. The number of halogens is 6. The number of pyridine rings is 2. The molecular formula is C28H26F6N6.